The van der Waals surface area contributed by atoms with E-state index in [9.17, 15) is 0 Å². The SMILES string of the molecule is COc1ccccc1OCC=C(C)C(O)=S. The summed E-state index contributed by atoms with van der Waals surface area (Å²) >= 11 is 4.60. The van der Waals surface area contributed by atoms with Gasteiger partial charge in [-0.1, -0.05) is 12.1 Å². The molecule has 1 rings (SSSR count). The first-order valence-electron chi connectivity index (χ1n) is 4.81. The van der Waals surface area contributed by atoms with Gasteiger partial charge in [-0.15, -0.1) is 0 Å². The summed E-state index contributed by atoms with van der Waals surface area (Å²) in [6.07, 6.45) is 1.72. The highest BCUT2D eigenvalue weighted by atomic mass is 32.1. The highest BCUT2D eigenvalue weighted by molar-refractivity contribution is 7.80. The number of thiocarbonyl (C=S) groups is 1. The van der Waals surface area contributed by atoms with Crippen LogP contribution in [0.1, 0.15) is 6.92 Å². The van der Waals surface area contributed by atoms with Gasteiger partial charge in [0.05, 0.1) is 7.11 Å². The molecule has 0 aliphatic rings. The molecule has 1 aromatic carbocycles. The second-order valence-electron chi connectivity index (χ2n) is 3.15. The molecule has 1 N–H and O–H groups in total. The Morgan fingerprint density at radius 3 is 2.56 bits per heavy atom. The van der Waals surface area contributed by atoms with Gasteiger partial charge in [-0.05, 0) is 37.4 Å². The zero-order chi connectivity index (χ0) is 12.0. The van der Waals surface area contributed by atoms with E-state index in [1.807, 2.05) is 24.3 Å². The van der Waals surface area contributed by atoms with Gasteiger partial charge < -0.3 is 14.6 Å². The molecule has 0 aromatic heterocycles. The van der Waals surface area contributed by atoms with Crippen LogP contribution in [0.2, 0.25) is 0 Å². The molecule has 0 aliphatic heterocycles. The second kappa shape index (κ2) is 6.12. The van der Waals surface area contributed by atoms with Crippen molar-refractivity contribution in [1.82, 2.24) is 0 Å². The monoisotopic (exact) mass is 238 g/mol. The Balaban J connectivity index is 2.61. The summed E-state index contributed by atoms with van der Waals surface area (Å²) in [6.45, 7) is 2.07. The van der Waals surface area contributed by atoms with Crippen molar-refractivity contribution >= 4 is 17.3 Å². The Bertz CT molecular complexity index is 399. The van der Waals surface area contributed by atoms with Gasteiger partial charge in [-0.25, -0.2) is 0 Å². The van der Waals surface area contributed by atoms with E-state index in [2.05, 4.69) is 12.2 Å². The van der Waals surface area contributed by atoms with E-state index in [0.717, 1.165) is 0 Å². The summed E-state index contributed by atoms with van der Waals surface area (Å²) in [5, 5.41) is 8.89. The fourth-order valence-corrected chi connectivity index (χ4v) is 1.17. The first kappa shape index (κ1) is 12.5. The average Bonchev–Trinajstić information content (AvgIpc) is 2.29. The van der Waals surface area contributed by atoms with Crippen LogP contribution in [-0.4, -0.2) is 23.9 Å². The predicted octanol–water partition coefficient (Wildman–Crippen LogP) is 2.91. The first-order chi connectivity index (χ1) is 7.65. The average molecular weight is 238 g/mol. The third-order valence-corrected chi connectivity index (χ3v) is 2.36. The number of ether oxygens (including phenoxy) is 2. The maximum Gasteiger partial charge on any atom is 0.183 e. The summed E-state index contributed by atoms with van der Waals surface area (Å²) in [6, 6.07) is 7.38. The summed E-state index contributed by atoms with van der Waals surface area (Å²) in [5.74, 6) is 1.35. The third-order valence-electron chi connectivity index (χ3n) is 2.03. The second-order valence-corrected chi connectivity index (χ2v) is 3.54. The fraction of sp³-hybridized carbons (Fsp3) is 0.250. The van der Waals surface area contributed by atoms with Gasteiger partial charge in [0.15, 0.2) is 16.5 Å². The minimum atomic E-state index is -0.108. The predicted molar refractivity (Wildman–Crippen MR) is 67.5 cm³/mol. The van der Waals surface area contributed by atoms with Crippen LogP contribution in [0.15, 0.2) is 35.9 Å². The summed E-state index contributed by atoms with van der Waals surface area (Å²) < 4.78 is 10.6. The van der Waals surface area contributed by atoms with Crippen molar-refractivity contribution < 1.29 is 14.6 Å². The van der Waals surface area contributed by atoms with Gasteiger partial charge in [0.1, 0.15) is 6.61 Å². The molecule has 0 fully saturated rings. The highest BCUT2D eigenvalue weighted by Crippen LogP contribution is 2.25. The van der Waals surface area contributed by atoms with Gasteiger partial charge >= 0.3 is 0 Å². The van der Waals surface area contributed by atoms with Crippen LogP contribution in [-0.2, 0) is 0 Å². The molecule has 0 radical (unpaired) electrons. The topological polar surface area (TPSA) is 38.7 Å². The molecule has 16 heavy (non-hydrogen) atoms. The molecule has 0 spiro atoms. The quantitative estimate of drug-likeness (QED) is 0.632. The molecule has 0 aliphatic carbocycles. The fourth-order valence-electron chi connectivity index (χ4n) is 1.08. The van der Waals surface area contributed by atoms with Gasteiger partial charge in [0.25, 0.3) is 0 Å². The number of benzene rings is 1. The van der Waals surface area contributed by atoms with Crippen LogP contribution >= 0.6 is 12.2 Å². The molecule has 0 bridgehead atoms. The van der Waals surface area contributed by atoms with Crippen molar-refractivity contribution in [1.29, 1.82) is 0 Å². The van der Waals surface area contributed by atoms with E-state index in [1.165, 1.54) is 0 Å². The van der Waals surface area contributed by atoms with Crippen molar-refractivity contribution in [3.63, 3.8) is 0 Å². The molecule has 0 saturated heterocycles. The number of hydrogen-bond acceptors (Lipinski definition) is 3. The van der Waals surface area contributed by atoms with Crippen molar-refractivity contribution in [2.24, 2.45) is 0 Å². The normalized spacial score (nSPS) is 11.0. The molecule has 0 unspecified atom stereocenters. The van der Waals surface area contributed by atoms with E-state index < -0.39 is 0 Å². The largest absolute Gasteiger partial charge is 0.499 e. The lowest BCUT2D eigenvalue weighted by Crippen LogP contribution is -2.00. The Kier molecular flexibility index (Phi) is 4.79. The lowest BCUT2D eigenvalue weighted by atomic mass is 10.3. The number of rotatable bonds is 5. The molecular weight excluding hydrogens is 224 g/mol. The van der Waals surface area contributed by atoms with E-state index in [0.29, 0.717) is 23.7 Å². The molecule has 1 aromatic rings. The summed E-state index contributed by atoms with van der Waals surface area (Å²) in [4.78, 5) is 0. The van der Waals surface area contributed by atoms with Crippen molar-refractivity contribution in [3.05, 3.63) is 35.9 Å². The maximum atomic E-state index is 9.00. The van der Waals surface area contributed by atoms with Gasteiger partial charge in [-0.3, -0.25) is 0 Å². The Labute approximate surface area is 100 Å². The van der Waals surface area contributed by atoms with Crippen LogP contribution in [0.4, 0.5) is 0 Å². The minimum absolute atomic E-state index is 0.108. The van der Waals surface area contributed by atoms with Crippen molar-refractivity contribution in [2.45, 2.75) is 6.92 Å². The highest BCUT2D eigenvalue weighted by Gasteiger charge is 2.01. The number of aliphatic hydroxyl groups is 1. The minimum Gasteiger partial charge on any atom is -0.499 e. The number of hydrogen-bond donors (Lipinski definition) is 1. The number of para-hydroxylation sites is 2. The lowest BCUT2D eigenvalue weighted by Gasteiger charge is -2.08. The smallest absolute Gasteiger partial charge is 0.183 e. The van der Waals surface area contributed by atoms with E-state index in [-0.39, 0.29) is 5.05 Å². The molecule has 3 nitrogen and oxygen atoms in total. The number of methoxy groups -OCH3 is 1. The van der Waals surface area contributed by atoms with Crippen molar-refractivity contribution in [3.8, 4) is 11.5 Å². The zero-order valence-electron chi connectivity index (χ0n) is 9.27. The molecule has 0 heterocycles. The van der Waals surface area contributed by atoms with Crippen LogP contribution < -0.4 is 9.47 Å². The van der Waals surface area contributed by atoms with Crippen LogP contribution in [0.25, 0.3) is 0 Å². The maximum absolute atomic E-state index is 9.00. The number of aliphatic hydroxyl groups excluding tert-OH is 1. The third kappa shape index (κ3) is 3.55. The lowest BCUT2D eigenvalue weighted by molar-refractivity contribution is 0.326. The Morgan fingerprint density at radius 1 is 1.38 bits per heavy atom. The van der Waals surface area contributed by atoms with E-state index in [4.69, 9.17) is 14.6 Å². The standard InChI is InChI=1S/C12H14O3S/c1-9(12(13)16)7-8-15-11-6-4-3-5-10(11)14-2/h3-7H,8H2,1-2H3,(H,13,16). The molecule has 0 atom stereocenters. The van der Waals surface area contributed by atoms with Gasteiger partial charge in [0.2, 0.25) is 0 Å². The summed E-state index contributed by atoms with van der Waals surface area (Å²) in [5.41, 5.74) is 0.630. The Hall–Kier alpha value is -1.55. The molecule has 86 valence electrons. The van der Waals surface area contributed by atoms with E-state index >= 15 is 0 Å². The van der Waals surface area contributed by atoms with Gasteiger partial charge in [-0.2, -0.15) is 0 Å². The molecular formula is C12H14O3S. The zero-order valence-corrected chi connectivity index (χ0v) is 10.1. The van der Waals surface area contributed by atoms with E-state index in [1.54, 1.807) is 20.1 Å². The van der Waals surface area contributed by atoms with Crippen LogP contribution in [0.3, 0.4) is 0 Å². The molecule has 0 saturated carbocycles. The first-order valence-corrected chi connectivity index (χ1v) is 5.22. The van der Waals surface area contributed by atoms with Crippen LogP contribution in [0.5, 0.6) is 11.5 Å². The molecule has 4 heteroatoms. The van der Waals surface area contributed by atoms with Gasteiger partial charge in [0, 0.05) is 5.57 Å². The van der Waals surface area contributed by atoms with Crippen LogP contribution in [0, 0.1) is 0 Å². The summed E-state index contributed by atoms with van der Waals surface area (Å²) in [7, 11) is 1.59. The molecule has 0 amide bonds. The van der Waals surface area contributed by atoms with Crippen molar-refractivity contribution in [2.75, 3.05) is 13.7 Å². The Morgan fingerprint density at radius 2 is 2.00 bits per heavy atom.